The highest BCUT2D eigenvalue weighted by molar-refractivity contribution is 5.96. The fourth-order valence-electron chi connectivity index (χ4n) is 5.85. The van der Waals surface area contributed by atoms with Crippen molar-refractivity contribution < 1.29 is 22.8 Å². The van der Waals surface area contributed by atoms with E-state index in [4.69, 9.17) is 0 Å². The molecule has 1 aliphatic heterocycles. The molecule has 0 unspecified atom stereocenters. The van der Waals surface area contributed by atoms with Gasteiger partial charge in [-0.3, -0.25) is 14.5 Å². The highest BCUT2D eigenvalue weighted by atomic mass is 19.4. The number of rotatable bonds is 8. The smallest absolute Gasteiger partial charge is 0.350 e. The average Bonchev–Trinajstić information content (AvgIpc) is 3.36. The minimum atomic E-state index is -4.54. The molecule has 1 saturated carbocycles. The zero-order valence-electron chi connectivity index (χ0n) is 22.1. The first-order valence-electron chi connectivity index (χ1n) is 13.3. The van der Waals surface area contributed by atoms with Crippen LogP contribution in [0.4, 0.5) is 13.2 Å². The fraction of sp³-hybridized carbons (Fsp3) is 0.517. The lowest BCUT2D eigenvalue weighted by atomic mass is 9.75. The Labute approximate surface area is 222 Å². The molecule has 1 aliphatic carbocycles. The van der Waals surface area contributed by atoms with Crippen LogP contribution in [-0.4, -0.2) is 61.4 Å². The summed E-state index contributed by atoms with van der Waals surface area (Å²) in [5, 5.41) is 5.45. The van der Waals surface area contributed by atoms with Gasteiger partial charge in [-0.2, -0.15) is 13.2 Å². The number of hydrogen-bond acceptors (Lipinski definition) is 4. The molecule has 4 rings (SSSR count). The molecular formula is C29H37F3N4O2. The van der Waals surface area contributed by atoms with Crippen molar-refractivity contribution in [2.45, 2.75) is 62.8 Å². The van der Waals surface area contributed by atoms with Crippen LogP contribution < -0.4 is 10.6 Å². The molecule has 1 atom stereocenters. The van der Waals surface area contributed by atoms with Crippen LogP contribution in [0.15, 0.2) is 48.5 Å². The van der Waals surface area contributed by atoms with Crippen LogP contribution >= 0.6 is 0 Å². The number of benzene rings is 2. The third-order valence-corrected chi connectivity index (χ3v) is 7.69. The number of hydrogen-bond donors (Lipinski definition) is 2. The average molecular weight is 531 g/mol. The Hall–Kier alpha value is -2.91. The van der Waals surface area contributed by atoms with Gasteiger partial charge in [0, 0.05) is 36.8 Å². The molecule has 2 N–H and O–H groups in total. The van der Waals surface area contributed by atoms with Crippen molar-refractivity contribution >= 4 is 11.8 Å². The van der Waals surface area contributed by atoms with Gasteiger partial charge in [-0.15, -0.1) is 0 Å². The summed E-state index contributed by atoms with van der Waals surface area (Å²) in [6.45, 7) is 2.22. The summed E-state index contributed by atoms with van der Waals surface area (Å²) in [4.78, 5) is 29.6. The molecule has 2 aromatic rings. The SMILES string of the molecule is CN(C)Cc1ccc(C2(N3CC[C@@H](NC(=O)CNC(=O)c4cccc(C(F)(F)F)c4)C3)CCCCC2)cc1. The van der Waals surface area contributed by atoms with E-state index in [1.54, 1.807) is 0 Å². The number of amides is 2. The lowest BCUT2D eigenvalue weighted by molar-refractivity contribution is -0.137. The first kappa shape index (κ1) is 28.1. The molecule has 0 spiro atoms. The Morgan fingerprint density at radius 3 is 2.42 bits per heavy atom. The largest absolute Gasteiger partial charge is 0.416 e. The van der Waals surface area contributed by atoms with Gasteiger partial charge in [0.05, 0.1) is 12.1 Å². The molecule has 6 nitrogen and oxygen atoms in total. The third kappa shape index (κ3) is 6.74. The zero-order valence-corrected chi connectivity index (χ0v) is 22.1. The first-order valence-corrected chi connectivity index (χ1v) is 13.3. The molecular weight excluding hydrogens is 493 g/mol. The molecule has 38 heavy (non-hydrogen) atoms. The van der Waals surface area contributed by atoms with Crippen molar-refractivity contribution in [3.05, 3.63) is 70.8 Å². The lowest BCUT2D eigenvalue weighted by Crippen LogP contribution is -2.49. The Morgan fingerprint density at radius 2 is 1.76 bits per heavy atom. The maximum Gasteiger partial charge on any atom is 0.416 e. The van der Waals surface area contributed by atoms with E-state index in [0.717, 1.165) is 51.0 Å². The topological polar surface area (TPSA) is 64.7 Å². The van der Waals surface area contributed by atoms with E-state index >= 15 is 0 Å². The lowest BCUT2D eigenvalue weighted by Gasteiger charge is -2.45. The molecule has 0 bridgehead atoms. The van der Waals surface area contributed by atoms with E-state index in [0.29, 0.717) is 0 Å². The van der Waals surface area contributed by atoms with Gasteiger partial charge in [0.15, 0.2) is 0 Å². The van der Waals surface area contributed by atoms with E-state index in [9.17, 15) is 22.8 Å². The summed E-state index contributed by atoms with van der Waals surface area (Å²) >= 11 is 0. The van der Waals surface area contributed by atoms with Crippen LogP contribution in [-0.2, 0) is 23.1 Å². The normalized spacial score (nSPS) is 19.9. The van der Waals surface area contributed by atoms with E-state index in [1.807, 2.05) is 0 Å². The van der Waals surface area contributed by atoms with Crippen LogP contribution in [0, 0.1) is 0 Å². The van der Waals surface area contributed by atoms with Gasteiger partial charge in [-0.1, -0.05) is 49.6 Å². The minimum Gasteiger partial charge on any atom is -0.350 e. The number of alkyl halides is 3. The van der Waals surface area contributed by atoms with E-state index in [1.165, 1.54) is 42.5 Å². The van der Waals surface area contributed by atoms with E-state index in [-0.39, 0.29) is 29.6 Å². The van der Waals surface area contributed by atoms with Gasteiger partial charge < -0.3 is 15.5 Å². The Balaban J connectivity index is 1.34. The molecule has 1 heterocycles. The maximum absolute atomic E-state index is 12.9. The summed E-state index contributed by atoms with van der Waals surface area (Å²) < 4.78 is 38.8. The third-order valence-electron chi connectivity index (χ3n) is 7.69. The second kappa shape index (κ2) is 11.9. The number of halogens is 3. The van der Waals surface area contributed by atoms with Crippen LogP contribution in [0.1, 0.15) is 65.6 Å². The van der Waals surface area contributed by atoms with Crippen molar-refractivity contribution in [1.82, 2.24) is 20.4 Å². The highest BCUT2D eigenvalue weighted by Crippen LogP contribution is 2.44. The number of nitrogens with zero attached hydrogens (tertiary/aromatic N) is 2. The second-order valence-corrected chi connectivity index (χ2v) is 10.8. The van der Waals surface area contributed by atoms with Crippen LogP contribution in [0.2, 0.25) is 0 Å². The molecule has 1 saturated heterocycles. The standard InChI is InChI=1S/C29H37F3N4O2/c1-35(2)19-21-9-11-23(12-10-21)28(14-4-3-5-15-28)36-16-13-25(20-36)34-26(37)18-33-27(38)22-7-6-8-24(17-22)29(30,31)32/h6-12,17,25H,3-5,13-16,18-20H2,1-2H3,(H,33,38)(H,34,37)/t25-/m1/s1. The predicted molar refractivity (Wildman–Crippen MR) is 140 cm³/mol. The van der Waals surface area contributed by atoms with Gasteiger partial charge in [0.25, 0.3) is 5.91 Å². The molecule has 2 amide bonds. The van der Waals surface area contributed by atoms with Crippen molar-refractivity contribution in [3.63, 3.8) is 0 Å². The van der Waals surface area contributed by atoms with Crippen LogP contribution in [0.25, 0.3) is 0 Å². The van der Waals surface area contributed by atoms with Crippen LogP contribution in [0.3, 0.4) is 0 Å². The summed E-state index contributed by atoms with van der Waals surface area (Å²) in [7, 11) is 4.12. The molecule has 2 fully saturated rings. The minimum absolute atomic E-state index is 0.0356. The van der Waals surface area contributed by atoms with Crippen molar-refractivity contribution in [2.75, 3.05) is 33.7 Å². The number of carbonyl (C=O) groups excluding carboxylic acids is 2. The summed E-state index contributed by atoms with van der Waals surface area (Å²) in [5.41, 5.74) is 1.55. The summed E-state index contributed by atoms with van der Waals surface area (Å²) in [6.07, 6.45) is 2.05. The van der Waals surface area contributed by atoms with E-state index < -0.39 is 17.6 Å². The van der Waals surface area contributed by atoms with Crippen molar-refractivity contribution in [1.29, 1.82) is 0 Å². The molecule has 0 radical (unpaired) electrons. The van der Waals surface area contributed by atoms with Crippen LogP contribution in [0.5, 0.6) is 0 Å². The summed E-state index contributed by atoms with van der Waals surface area (Å²) in [6, 6.07) is 13.1. The second-order valence-electron chi connectivity index (χ2n) is 10.8. The predicted octanol–water partition coefficient (Wildman–Crippen LogP) is 4.55. The summed E-state index contributed by atoms with van der Waals surface area (Å²) in [5.74, 6) is -1.05. The molecule has 2 aromatic carbocycles. The molecule has 2 aliphatic rings. The molecule has 206 valence electrons. The molecule has 9 heteroatoms. The Morgan fingerprint density at radius 1 is 1.05 bits per heavy atom. The maximum atomic E-state index is 12.9. The van der Waals surface area contributed by atoms with Crippen molar-refractivity contribution in [2.24, 2.45) is 0 Å². The van der Waals surface area contributed by atoms with Gasteiger partial charge in [-0.05, 0) is 62.7 Å². The zero-order chi connectivity index (χ0) is 27.3. The monoisotopic (exact) mass is 530 g/mol. The van der Waals surface area contributed by atoms with Gasteiger partial charge in [0.1, 0.15) is 0 Å². The van der Waals surface area contributed by atoms with E-state index in [2.05, 4.69) is 58.8 Å². The Kier molecular flexibility index (Phi) is 8.78. The number of likely N-dealkylation sites (tertiary alicyclic amines) is 1. The highest BCUT2D eigenvalue weighted by Gasteiger charge is 2.43. The van der Waals surface area contributed by atoms with Crippen molar-refractivity contribution in [3.8, 4) is 0 Å². The quantitative estimate of drug-likeness (QED) is 0.526. The first-order chi connectivity index (χ1) is 18.1. The molecule has 0 aromatic heterocycles. The van der Waals surface area contributed by atoms with Gasteiger partial charge in [-0.25, -0.2) is 0 Å². The van der Waals surface area contributed by atoms with Gasteiger partial charge >= 0.3 is 6.18 Å². The van der Waals surface area contributed by atoms with Gasteiger partial charge in [0.2, 0.25) is 5.91 Å². The fourth-order valence-corrected chi connectivity index (χ4v) is 5.85. The number of carbonyl (C=O) groups is 2. The Bertz CT molecular complexity index is 1110. The number of nitrogens with one attached hydrogen (secondary N) is 2.